The Labute approximate surface area is 246 Å². The lowest BCUT2D eigenvalue weighted by Crippen LogP contribution is -2.61. The van der Waals surface area contributed by atoms with Crippen LogP contribution >= 0.6 is 0 Å². The molecule has 4 heteroatoms. The van der Waals surface area contributed by atoms with Gasteiger partial charge >= 0.3 is 0 Å². The zero-order valence-corrected chi connectivity index (χ0v) is 27.6. The van der Waals surface area contributed by atoms with Crippen molar-refractivity contribution in [1.29, 1.82) is 0 Å². The molecule has 0 amide bonds. The first kappa shape index (κ1) is 32.5. The first-order valence-electron chi connectivity index (χ1n) is 15.4. The maximum Gasteiger partial charge on any atom is 0.120 e. The number of rotatable bonds is 12. The smallest absolute Gasteiger partial charge is 0.120 e. The van der Waals surface area contributed by atoms with Crippen LogP contribution in [0.3, 0.4) is 0 Å². The Hall–Kier alpha value is -2.04. The molecule has 1 saturated carbocycles. The van der Waals surface area contributed by atoms with E-state index in [0.717, 1.165) is 37.3 Å². The summed E-state index contributed by atoms with van der Waals surface area (Å²) in [5.41, 5.74) is 2.98. The highest BCUT2D eigenvalue weighted by atomic mass is 16.5. The average molecular weight is 551 g/mol. The van der Waals surface area contributed by atoms with Gasteiger partial charge in [0.25, 0.3) is 0 Å². The van der Waals surface area contributed by atoms with Crippen LogP contribution in [0.1, 0.15) is 113 Å². The molecule has 1 fully saturated rings. The molecule has 0 heterocycles. The maximum absolute atomic E-state index is 6.37. The van der Waals surface area contributed by atoms with Crippen LogP contribution in [0.4, 0.5) is 0 Å². The Morgan fingerprint density at radius 3 is 2.08 bits per heavy atom. The Balaban J connectivity index is 1.56. The molecule has 3 rings (SSSR count). The molecule has 0 aliphatic heterocycles. The van der Waals surface area contributed by atoms with Crippen molar-refractivity contribution in [1.82, 2.24) is 10.6 Å². The lowest BCUT2D eigenvalue weighted by molar-refractivity contribution is 0.0376. The second-order valence-corrected chi connectivity index (χ2v) is 15.6. The summed E-state index contributed by atoms with van der Waals surface area (Å²) in [6, 6.07) is 17.8. The van der Waals surface area contributed by atoms with E-state index >= 15 is 0 Å². The fraction of sp³-hybridized carbons (Fsp3) is 0.667. The molecule has 0 saturated heterocycles. The lowest BCUT2D eigenvalue weighted by atomic mass is 9.64. The van der Waals surface area contributed by atoms with Crippen molar-refractivity contribution in [2.24, 2.45) is 10.8 Å². The van der Waals surface area contributed by atoms with Crippen LogP contribution in [-0.2, 0) is 6.42 Å². The van der Waals surface area contributed by atoms with Gasteiger partial charge in [-0.3, -0.25) is 0 Å². The third-order valence-electron chi connectivity index (χ3n) is 8.90. The number of ether oxygens (including phenoxy) is 2. The van der Waals surface area contributed by atoms with Gasteiger partial charge in [0.2, 0.25) is 0 Å². The van der Waals surface area contributed by atoms with Gasteiger partial charge in [-0.05, 0) is 113 Å². The molecule has 224 valence electrons. The summed E-state index contributed by atoms with van der Waals surface area (Å²) in [5, 5.41) is 7.54. The van der Waals surface area contributed by atoms with Gasteiger partial charge in [-0.25, -0.2) is 0 Å². The van der Waals surface area contributed by atoms with Crippen molar-refractivity contribution >= 4 is 0 Å². The van der Waals surface area contributed by atoms with Gasteiger partial charge in [-0.15, -0.1) is 0 Å². The van der Waals surface area contributed by atoms with Crippen molar-refractivity contribution in [2.45, 2.75) is 138 Å². The SMILES string of the molecule is C[C@H](CNC(C)(C)C)Oc1cccc([C@H](C)C(C)(C)C(C)(C)NC2CC(Oc3cccc(CC(C)(C)C)c3)C2)c1. The Morgan fingerprint density at radius 1 is 0.825 bits per heavy atom. The molecule has 2 aromatic rings. The molecule has 2 N–H and O–H groups in total. The van der Waals surface area contributed by atoms with Gasteiger partial charge in [0.15, 0.2) is 0 Å². The van der Waals surface area contributed by atoms with Crippen molar-refractivity contribution < 1.29 is 9.47 Å². The molecule has 4 nitrogen and oxygen atoms in total. The summed E-state index contributed by atoms with van der Waals surface area (Å²) in [5.74, 6) is 2.29. The predicted molar refractivity (Wildman–Crippen MR) is 171 cm³/mol. The third kappa shape index (κ3) is 9.24. The minimum atomic E-state index is -0.0601. The summed E-state index contributed by atoms with van der Waals surface area (Å²) in [4.78, 5) is 0. The summed E-state index contributed by atoms with van der Waals surface area (Å²) >= 11 is 0. The quantitative estimate of drug-likeness (QED) is 0.278. The van der Waals surface area contributed by atoms with E-state index in [4.69, 9.17) is 9.47 Å². The van der Waals surface area contributed by atoms with Crippen LogP contribution in [0.15, 0.2) is 48.5 Å². The molecule has 0 radical (unpaired) electrons. The van der Waals surface area contributed by atoms with Crippen LogP contribution in [0.2, 0.25) is 0 Å². The van der Waals surface area contributed by atoms with Gasteiger partial charge in [0.1, 0.15) is 23.7 Å². The number of hydrogen-bond acceptors (Lipinski definition) is 4. The van der Waals surface area contributed by atoms with E-state index in [9.17, 15) is 0 Å². The lowest BCUT2D eigenvalue weighted by Gasteiger charge is -2.51. The van der Waals surface area contributed by atoms with Crippen molar-refractivity contribution in [3.8, 4) is 11.5 Å². The molecule has 0 aromatic heterocycles. The van der Waals surface area contributed by atoms with Crippen molar-refractivity contribution in [3.05, 3.63) is 59.7 Å². The highest BCUT2D eigenvalue weighted by molar-refractivity contribution is 5.33. The summed E-state index contributed by atoms with van der Waals surface area (Å²) in [7, 11) is 0. The molecule has 1 aliphatic carbocycles. The minimum absolute atomic E-state index is 0.0122. The fourth-order valence-electron chi connectivity index (χ4n) is 5.55. The minimum Gasteiger partial charge on any atom is -0.490 e. The van der Waals surface area contributed by atoms with Crippen LogP contribution in [0.25, 0.3) is 0 Å². The molecule has 0 spiro atoms. The first-order valence-corrected chi connectivity index (χ1v) is 15.4. The van der Waals surface area contributed by atoms with Gasteiger partial charge < -0.3 is 20.1 Å². The predicted octanol–water partition coefficient (Wildman–Crippen LogP) is 8.54. The number of benzene rings is 2. The Kier molecular flexibility index (Phi) is 10.1. The summed E-state index contributed by atoms with van der Waals surface area (Å²) in [6.07, 6.45) is 3.53. The van der Waals surface area contributed by atoms with Gasteiger partial charge in [-0.1, -0.05) is 65.8 Å². The van der Waals surface area contributed by atoms with Crippen molar-refractivity contribution in [3.63, 3.8) is 0 Å². The monoisotopic (exact) mass is 550 g/mol. The first-order chi connectivity index (χ1) is 18.3. The second kappa shape index (κ2) is 12.4. The molecule has 1 aliphatic rings. The van der Waals surface area contributed by atoms with E-state index in [-0.39, 0.29) is 34.1 Å². The maximum atomic E-state index is 6.37. The second-order valence-electron chi connectivity index (χ2n) is 15.6. The summed E-state index contributed by atoms with van der Waals surface area (Å²) in [6.45, 7) is 28.2. The van der Waals surface area contributed by atoms with E-state index in [2.05, 4.69) is 142 Å². The Morgan fingerprint density at radius 2 is 1.45 bits per heavy atom. The van der Waals surface area contributed by atoms with Crippen LogP contribution in [0.5, 0.6) is 11.5 Å². The number of hydrogen-bond donors (Lipinski definition) is 2. The molecular formula is C36H58N2O2. The highest BCUT2D eigenvalue weighted by Crippen LogP contribution is 2.45. The van der Waals surface area contributed by atoms with E-state index in [1.54, 1.807) is 0 Å². The molecule has 2 atom stereocenters. The average Bonchev–Trinajstić information content (AvgIpc) is 2.79. The summed E-state index contributed by atoms with van der Waals surface area (Å²) < 4.78 is 12.7. The molecule has 0 unspecified atom stereocenters. The van der Waals surface area contributed by atoms with E-state index < -0.39 is 0 Å². The van der Waals surface area contributed by atoms with Gasteiger partial charge in [0.05, 0.1) is 0 Å². The zero-order chi connectivity index (χ0) is 29.9. The van der Waals surface area contributed by atoms with Gasteiger partial charge in [-0.2, -0.15) is 0 Å². The zero-order valence-electron chi connectivity index (χ0n) is 27.6. The largest absolute Gasteiger partial charge is 0.490 e. The van der Waals surface area contributed by atoms with Crippen LogP contribution < -0.4 is 20.1 Å². The van der Waals surface area contributed by atoms with Crippen LogP contribution in [0, 0.1) is 10.8 Å². The Bertz CT molecular complexity index is 1090. The molecule has 0 bridgehead atoms. The van der Waals surface area contributed by atoms with E-state index in [0.29, 0.717) is 12.0 Å². The molecule has 2 aromatic carbocycles. The topological polar surface area (TPSA) is 42.5 Å². The normalized spacial score (nSPS) is 20.0. The van der Waals surface area contributed by atoms with E-state index in [1.807, 2.05) is 0 Å². The van der Waals surface area contributed by atoms with Crippen molar-refractivity contribution in [2.75, 3.05) is 6.54 Å². The van der Waals surface area contributed by atoms with E-state index in [1.165, 1.54) is 11.1 Å². The standard InChI is InChI=1S/C36H58N2O2/c1-25(24-37-34(6,7)8)39-31-18-14-16-28(20-31)26(2)35(9,10)36(11,12)38-29-21-32(22-29)40-30-17-13-15-27(19-30)23-33(3,4)5/h13-20,25-26,29,32,37-38H,21-24H2,1-12H3/t25-,26+,29?,32?/m1/s1. The van der Waals surface area contributed by atoms with Gasteiger partial charge in [0, 0.05) is 23.7 Å². The fourth-order valence-corrected chi connectivity index (χ4v) is 5.55. The van der Waals surface area contributed by atoms with Crippen LogP contribution in [-0.4, -0.2) is 35.9 Å². The molecular weight excluding hydrogens is 492 g/mol. The number of nitrogens with one attached hydrogen (secondary N) is 2. The molecule has 40 heavy (non-hydrogen) atoms. The highest BCUT2D eigenvalue weighted by Gasteiger charge is 2.45. The third-order valence-corrected chi connectivity index (χ3v) is 8.90.